The van der Waals surface area contributed by atoms with Gasteiger partial charge in [0.25, 0.3) is 0 Å². The maximum absolute atomic E-state index is 11.7. The molecule has 8 heteroatoms. The molecule has 0 unspecified atom stereocenters. The van der Waals surface area contributed by atoms with Gasteiger partial charge in [-0.1, -0.05) is 13.3 Å². The van der Waals surface area contributed by atoms with Crippen LogP contribution < -0.4 is 10.6 Å². The van der Waals surface area contributed by atoms with Crippen molar-refractivity contribution in [2.24, 2.45) is 4.99 Å². The molecule has 0 aliphatic rings. The third-order valence-corrected chi connectivity index (χ3v) is 3.23. The number of carbonyl (C=O) groups excluding carboxylic acids is 1. The Morgan fingerprint density at radius 1 is 0.960 bits per heavy atom. The highest BCUT2D eigenvalue weighted by atomic mass is 127. The van der Waals surface area contributed by atoms with Gasteiger partial charge in [0.1, 0.15) is 6.54 Å². The van der Waals surface area contributed by atoms with E-state index in [2.05, 4.69) is 22.5 Å². The van der Waals surface area contributed by atoms with Crippen molar-refractivity contribution < 1.29 is 14.3 Å². The summed E-state index contributed by atoms with van der Waals surface area (Å²) in [4.78, 5) is 17.5. The highest BCUT2D eigenvalue weighted by Crippen LogP contribution is 1.89. The minimum Gasteiger partial charge on any atom is -0.382 e. The molecule has 0 fully saturated rings. The normalized spacial score (nSPS) is 11.0. The number of likely N-dealkylation sites (N-methyl/N-ethyl adjacent to an activating group) is 1. The number of nitrogens with one attached hydrogen (secondary N) is 2. The van der Waals surface area contributed by atoms with Crippen molar-refractivity contribution in [3.63, 3.8) is 0 Å². The highest BCUT2D eigenvalue weighted by Gasteiger charge is 2.04. The highest BCUT2D eigenvalue weighted by molar-refractivity contribution is 14.0. The fourth-order valence-corrected chi connectivity index (χ4v) is 1.72. The SMILES string of the molecule is CCCCOCCCNC(=NCC(=O)N(C)C)NCCCOCC.I. The lowest BCUT2D eigenvalue weighted by Gasteiger charge is -2.14. The number of hydrogen-bond donors (Lipinski definition) is 2. The maximum Gasteiger partial charge on any atom is 0.243 e. The number of ether oxygens (including phenoxy) is 2. The molecule has 0 bridgehead atoms. The van der Waals surface area contributed by atoms with E-state index in [-0.39, 0.29) is 36.4 Å². The molecule has 0 saturated heterocycles. The number of unbranched alkanes of at least 4 members (excludes halogenated alkanes) is 1. The van der Waals surface area contributed by atoms with Crippen molar-refractivity contribution in [1.29, 1.82) is 0 Å². The molecule has 0 rings (SSSR count). The third kappa shape index (κ3) is 18.0. The van der Waals surface area contributed by atoms with E-state index >= 15 is 0 Å². The van der Waals surface area contributed by atoms with Crippen molar-refractivity contribution in [1.82, 2.24) is 15.5 Å². The smallest absolute Gasteiger partial charge is 0.243 e. The number of aliphatic imine (C=N–C) groups is 1. The van der Waals surface area contributed by atoms with E-state index in [0.717, 1.165) is 65.2 Å². The van der Waals surface area contributed by atoms with Gasteiger partial charge in [0.2, 0.25) is 5.91 Å². The van der Waals surface area contributed by atoms with Crippen LogP contribution in [0.15, 0.2) is 4.99 Å². The lowest BCUT2D eigenvalue weighted by molar-refractivity contribution is -0.127. The first-order valence-electron chi connectivity index (χ1n) is 8.99. The summed E-state index contributed by atoms with van der Waals surface area (Å²) in [6, 6.07) is 0. The van der Waals surface area contributed by atoms with Gasteiger partial charge in [-0.25, -0.2) is 4.99 Å². The summed E-state index contributed by atoms with van der Waals surface area (Å²) in [5.74, 6) is 0.642. The molecule has 0 aromatic rings. The molecule has 0 atom stereocenters. The molecule has 0 saturated carbocycles. The lowest BCUT2D eigenvalue weighted by Crippen LogP contribution is -2.40. The first-order valence-corrected chi connectivity index (χ1v) is 8.99. The molecule has 0 aromatic carbocycles. The van der Waals surface area contributed by atoms with Crippen molar-refractivity contribution >= 4 is 35.8 Å². The Kier molecular flexibility index (Phi) is 21.0. The van der Waals surface area contributed by atoms with Crippen LogP contribution in [0.4, 0.5) is 0 Å². The predicted octanol–water partition coefficient (Wildman–Crippen LogP) is 1.86. The van der Waals surface area contributed by atoms with Crippen LogP contribution in [0.3, 0.4) is 0 Å². The van der Waals surface area contributed by atoms with Crippen LogP contribution in [0, 0.1) is 0 Å². The zero-order valence-electron chi connectivity index (χ0n) is 16.3. The van der Waals surface area contributed by atoms with Crippen molar-refractivity contribution in [3.05, 3.63) is 0 Å². The zero-order chi connectivity index (χ0) is 18.0. The summed E-state index contributed by atoms with van der Waals surface area (Å²) in [6.45, 7) is 8.81. The van der Waals surface area contributed by atoms with Gasteiger partial charge in [-0.2, -0.15) is 0 Å². The Labute approximate surface area is 170 Å². The lowest BCUT2D eigenvalue weighted by atomic mass is 10.4. The van der Waals surface area contributed by atoms with Gasteiger partial charge in [0, 0.05) is 53.6 Å². The molecule has 0 aromatic heterocycles. The minimum atomic E-state index is -0.0201. The summed E-state index contributed by atoms with van der Waals surface area (Å²) in [5.41, 5.74) is 0. The van der Waals surface area contributed by atoms with Crippen molar-refractivity contribution in [2.45, 2.75) is 39.5 Å². The predicted molar refractivity (Wildman–Crippen MR) is 114 cm³/mol. The van der Waals surface area contributed by atoms with Gasteiger partial charge in [0.15, 0.2) is 5.96 Å². The summed E-state index contributed by atoms with van der Waals surface area (Å²) < 4.78 is 10.8. The first-order chi connectivity index (χ1) is 11.6. The number of guanidine groups is 1. The Morgan fingerprint density at radius 3 is 2.04 bits per heavy atom. The van der Waals surface area contributed by atoms with Crippen LogP contribution in [0.25, 0.3) is 0 Å². The summed E-state index contributed by atoms with van der Waals surface area (Å²) >= 11 is 0. The van der Waals surface area contributed by atoms with Gasteiger partial charge in [-0.15, -0.1) is 24.0 Å². The summed E-state index contributed by atoms with van der Waals surface area (Å²) in [5, 5.41) is 6.47. The Balaban J connectivity index is 0. The van der Waals surface area contributed by atoms with Crippen LogP contribution in [-0.2, 0) is 14.3 Å². The molecule has 0 aliphatic heterocycles. The van der Waals surface area contributed by atoms with E-state index in [0.29, 0.717) is 5.96 Å². The molecule has 0 heterocycles. The van der Waals surface area contributed by atoms with Crippen LogP contribution in [0.1, 0.15) is 39.5 Å². The van der Waals surface area contributed by atoms with E-state index in [1.165, 1.54) is 4.90 Å². The second kappa shape index (κ2) is 19.7. The fraction of sp³-hybridized carbons (Fsp3) is 0.882. The van der Waals surface area contributed by atoms with Crippen LogP contribution >= 0.6 is 24.0 Å². The molecule has 2 N–H and O–H groups in total. The van der Waals surface area contributed by atoms with E-state index in [1.54, 1.807) is 14.1 Å². The van der Waals surface area contributed by atoms with Crippen LogP contribution in [-0.4, -0.2) is 76.9 Å². The fourth-order valence-electron chi connectivity index (χ4n) is 1.72. The quantitative estimate of drug-likeness (QED) is 0.175. The van der Waals surface area contributed by atoms with Gasteiger partial charge < -0.3 is 25.0 Å². The summed E-state index contributed by atoms with van der Waals surface area (Å²) in [6.07, 6.45) is 4.07. The Bertz CT molecular complexity index is 342. The van der Waals surface area contributed by atoms with E-state index in [1.807, 2.05) is 6.92 Å². The topological polar surface area (TPSA) is 75.2 Å². The molecular formula is C17H37IN4O3. The molecular weight excluding hydrogens is 435 g/mol. The maximum atomic E-state index is 11.7. The number of halogens is 1. The first kappa shape index (κ1) is 26.6. The molecule has 1 amide bonds. The third-order valence-electron chi connectivity index (χ3n) is 3.23. The average molecular weight is 472 g/mol. The number of amides is 1. The number of nitrogens with zero attached hydrogens (tertiary/aromatic N) is 2. The van der Waals surface area contributed by atoms with E-state index in [4.69, 9.17) is 9.47 Å². The average Bonchev–Trinajstić information content (AvgIpc) is 2.57. The Hall–Kier alpha value is -0.610. The largest absolute Gasteiger partial charge is 0.382 e. The van der Waals surface area contributed by atoms with Gasteiger partial charge >= 0.3 is 0 Å². The van der Waals surface area contributed by atoms with E-state index in [9.17, 15) is 4.79 Å². The molecule has 0 aliphatic carbocycles. The number of carbonyl (C=O) groups is 1. The second-order valence-electron chi connectivity index (χ2n) is 5.68. The van der Waals surface area contributed by atoms with Crippen LogP contribution in [0.5, 0.6) is 0 Å². The second-order valence-corrected chi connectivity index (χ2v) is 5.68. The molecule has 25 heavy (non-hydrogen) atoms. The minimum absolute atomic E-state index is 0. The zero-order valence-corrected chi connectivity index (χ0v) is 18.6. The van der Waals surface area contributed by atoms with Crippen molar-refractivity contribution in [2.75, 3.05) is 60.2 Å². The summed E-state index contributed by atoms with van der Waals surface area (Å²) in [7, 11) is 3.46. The molecule has 0 spiro atoms. The van der Waals surface area contributed by atoms with Gasteiger partial charge in [0.05, 0.1) is 0 Å². The number of rotatable bonds is 14. The molecule has 0 radical (unpaired) electrons. The van der Waals surface area contributed by atoms with Crippen LogP contribution in [0.2, 0.25) is 0 Å². The van der Waals surface area contributed by atoms with Crippen molar-refractivity contribution in [3.8, 4) is 0 Å². The monoisotopic (exact) mass is 472 g/mol. The molecule has 7 nitrogen and oxygen atoms in total. The molecule has 150 valence electrons. The van der Waals surface area contributed by atoms with Gasteiger partial charge in [-0.3, -0.25) is 4.79 Å². The van der Waals surface area contributed by atoms with Gasteiger partial charge in [-0.05, 0) is 26.2 Å². The van der Waals surface area contributed by atoms with E-state index < -0.39 is 0 Å². The number of hydrogen-bond acceptors (Lipinski definition) is 4. The standard InChI is InChI=1S/C17H36N4O3.HI/c1-5-7-12-24-14-9-11-19-17(18-10-8-13-23-6-2)20-15-16(22)21(3)4;/h5-15H2,1-4H3,(H2,18,19,20);1H. The Morgan fingerprint density at radius 2 is 1.52 bits per heavy atom.